The molecule has 1 atom stereocenters. The van der Waals surface area contributed by atoms with Crippen molar-refractivity contribution in [3.05, 3.63) is 53.6 Å². The number of benzene rings is 2. The van der Waals surface area contributed by atoms with Crippen LogP contribution in [0.4, 0.5) is 5.69 Å². The standard InChI is InChI=1S/C27H39N3O6S/c1-8-23(27(32)28-16-19(2)3)29(17-21-12-10-9-11-20(21)4)26(31)18-30(37(7,33)34)24-14-13-22(35-5)15-25(24)36-6/h9-15,19,23H,8,16-18H2,1-7H3,(H,28,32)/t23-/m0/s1. The van der Waals surface area contributed by atoms with Crippen molar-refractivity contribution in [1.82, 2.24) is 10.2 Å². The number of carbonyl (C=O) groups excluding carboxylic acids is 2. The number of aryl methyl sites for hydroxylation is 1. The van der Waals surface area contributed by atoms with Gasteiger partial charge in [0, 0.05) is 19.2 Å². The van der Waals surface area contributed by atoms with Crippen LogP contribution in [0.25, 0.3) is 0 Å². The summed E-state index contributed by atoms with van der Waals surface area (Å²) in [5, 5.41) is 2.92. The van der Waals surface area contributed by atoms with Gasteiger partial charge in [0.05, 0.1) is 26.2 Å². The van der Waals surface area contributed by atoms with Gasteiger partial charge in [-0.15, -0.1) is 0 Å². The molecule has 204 valence electrons. The number of amides is 2. The summed E-state index contributed by atoms with van der Waals surface area (Å²) in [6, 6.07) is 11.5. The van der Waals surface area contributed by atoms with Crippen LogP contribution in [0.2, 0.25) is 0 Å². The SMILES string of the molecule is CC[C@@H](C(=O)NCC(C)C)N(Cc1ccccc1C)C(=O)CN(c1ccc(OC)cc1OC)S(C)(=O)=O. The van der Waals surface area contributed by atoms with Gasteiger partial charge in [0.1, 0.15) is 24.1 Å². The number of anilines is 1. The molecule has 0 saturated heterocycles. The van der Waals surface area contributed by atoms with Crippen molar-refractivity contribution >= 4 is 27.5 Å². The molecule has 0 spiro atoms. The third kappa shape index (κ3) is 8.11. The van der Waals surface area contributed by atoms with Crippen molar-refractivity contribution in [2.45, 2.75) is 46.7 Å². The van der Waals surface area contributed by atoms with Crippen molar-refractivity contribution < 1.29 is 27.5 Å². The minimum atomic E-state index is -3.89. The van der Waals surface area contributed by atoms with E-state index in [4.69, 9.17) is 9.47 Å². The number of hydrogen-bond donors (Lipinski definition) is 1. The second-order valence-corrected chi connectivity index (χ2v) is 11.2. The van der Waals surface area contributed by atoms with Crippen LogP contribution in [0.5, 0.6) is 11.5 Å². The molecule has 0 aliphatic carbocycles. The molecule has 0 saturated carbocycles. The molecule has 0 unspecified atom stereocenters. The van der Waals surface area contributed by atoms with Crippen LogP contribution in [-0.2, 0) is 26.2 Å². The number of sulfonamides is 1. The van der Waals surface area contributed by atoms with Crippen LogP contribution in [0.15, 0.2) is 42.5 Å². The molecule has 0 aliphatic rings. The highest BCUT2D eigenvalue weighted by atomic mass is 32.2. The number of carbonyl (C=O) groups is 2. The Morgan fingerprint density at radius 3 is 2.27 bits per heavy atom. The minimum Gasteiger partial charge on any atom is -0.497 e. The van der Waals surface area contributed by atoms with Gasteiger partial charge in [0.2, 0.25) is 21.8 Å². The largest absolute Gasteiger partial charge is 0.497 e. The van der Waals surface area contributed by atoms with Gasteiger partial charge in [-0.3, -0.25) is 13.9 Å². The lowest BCUT2D eigenvalue weighted by atomic mass is 10.1. The van der Waals surface area contributed by atoms with E-state index in [1.807, 2.05) is 52.0 Å². The Hall–Kier alpha value is -3.27. The minimum absolute atomic E-state index is 0.163. The number of nitrogens with one attached hydrogen (secondary N) is 1. The molecule has 2 aromatic rings. The van der Waals surface area contributed by atoms with Crippen molar-refractivity contribution in [3.8, 4) is 11.5 Å². The molecular formula is C27H39N3O6S. The average Bonchev–Trinajstić information content (AvgIpc) is 2.85. The molecule has 10 heteroatoms. The fraction of sp³-hybridized carbons (Fsp3) is 0.481. The fourth-order valence-corrected chi connectivity index (χ4v) is 4.75. The van der Waals surface area contributed by atoms with Gasteiger partial charge < -0.3 is 19.7 Å². The molecular weight excluding hydrogens is 494 g/mol. The van der Waals surface area contributed by atoms with Crippen LogP contribution < -0.4 is 19.1 Å². The molecule has 2 amide bonds. The van der Waals surface area contributed by atoms with Crippen molar-refractivity contribution in [1.29, 1.82) is 0 Å². The van der Waals surface area contributed by atoms with E-state index in [2.05, 4.69) is 5.32 Å². The highest BCUT2D eigenvalue weighted by Gasteiger charge is 2.32. The van der Waals surface area contributed by atoms with Gasteiger partial charge in [0.15, 0.2) is 0 Å². The number of hydrogen-bond acceptors (Lipinski definition) is 6. The molecule has 0 aliphatic heterocycles. The molecule has 37 heavy (non-hydrogen) atoms. The van der Waals surface area contributed by atoms with Crippen molar-refractivity contribution in [3.63, 3.8) is 0 Å². The second-order valence-electron chi connectivity index (χ2n) is 9.32. The van der Waals surface area contributed by atoms with Gasteiger partial charge in [-0.1, -0.05) is 45.0 Å². The van der Waals surface area contributed by atoms with Crippen LogP contribution in [0, 0.1) is 12.8 Å². The third-order valence-electron chi connectivity index (χ3n) is 6.01. The maximum atomic E-state index is 13.8. The number of ether oxygens (including phenoxy) is 2. The Balaban J connectivity index is 2.50. The summed E-state index contributed by atoms with van der Waals surface area (Å²) < 4.78 is 37.3. The molecule has 0 radical (unpaired) electrons. The zero-order valence-electron chi connectivity index (χ0n) is 22.8. The smallest absolute Gasteiger partial charge is 0.244 e. The summed E-state index contributed by atoms with van der Waals surface area (Å²) in [6.07, 6.45) is 1.40. The first-order valence-electron chi connectivity index (χ1n) is 12.2. The Bertz CT molecular complexity index is 1180. The predicted molar refractivity (Wildman–Crippen MR) is 145 cm³/mol. The zero-order chi connectivity index (χ0) is 27.8. The summed E-state index contributed by atoms with van der Waals surface area (Å²) in [5.74, 6) is 0.188. The summed E-state index contributed by atoms with van der Waals surface area (Å²) in [6.45, 7) is 7.88. The first kappa shape index (κ1) is 30.0. The monoisotopic (exact) mass is 533 g/mol. The lowest BCUT2D eigenvalue weighted by molar-refractivity contribution is -0.140. The summed E-state index contributed by atoms with van der Waals surface area (Å²) >= 11 is 0. The lowest BCUT2D eigenvalue weighted by Crippen LogP contribution is -2.52. The van der Waals surface area contributed by atoms with E-state index in [9.17, 15) is 18.0 Å². The number of nitrogens with zero attached hydrogens (tertiary/aromatic N) is 2. The first-order chi connectivity index (χ1) is 17.4. The highest BCUT2D eigenvalue weighted by Crippen LogP contribution is 2.33. The zero-order valence-corrected chi connectivity index (χ0v) is 23.6. The average molecular weight is 534 g/mol. The molecule has 0 heterocycles. The Kier molecular flexibility index (Phi) is 10.8. The van der Waals surface area contributed by atoms with E-state index in [-0.39, 0.29) is 29.8 Å². The summed E-state index contributed by atoms with van der Waals surface area (Å²) in [7, 11) is -0.984. The molecule has 0 bridgehead atoms. The lowest BCUT2D eigenvalue weighted by Gasteiger charge is -2.33. The summed E-state index contributed by atoms with van der Waals surface area (Å²) in [5.41, 5.74) is 2.04. The maximum Gasteiger partial charge on any atom is 0.244 e. The quantitative estimate of drug-likeness (QED) is 0.423. The van der Waals surface area contributed by atoms with Crippen molar-refractivity contribution in [2.24, 2.45) is 5.92 Å². The fourth-order valence-electron chi connectivity index (χ4n) is 3.90. The van der Waals surface area contributed by atoms with Gasteiger partial charge in [-0.2, -0.15) is 0 Å². The van der Waals surface area contributed by atoms with Crippen LogP contribution in [0.3, 0.4) is 0 Å². The van der Waals surface area contributed by atoms with Crippen LogP contribution in [-0.4, -0.2) is 64.7 Å². The van der Waals surface area contributed by atoms with Gasteiger partial charge in [-0.25, -0.2) is 8.42 Å². The molecule has 0 aromatic heterocycles. The molecule has 1 N–H and O–H groups in total. The Morgan fingerprint density at radius 1 is 1.05 bits per heavy atom. The highest BCUT2D eigenvalue weighted by molar-refractivity contribution is 7.92. The normalized spacial score (nSPS) is 12.1. The van der Waals surface area contributed by atoms with Crippen molar-refractivity contribution in [2.75, 3.05) is 37.9 Å². The van der Waals surface area contributed by atoms with E-state index >= 15 is 0 Å². The molecule has 9 nitrogen and oxygen atoms in total. The van der Waals surface area contributed by atoms with Gasteiger partial charge >= 0.3 is 0 Å². The van der Waals surface area contributed by atoms with Crippen LogP contribution in [0.1, 0.15) is 38.3 Å². The summed E-state index contributed by atoms with van der Waals surface area (Å²) in [4.78, 5) is 28.4. The maximum absolute atomic E-state index is 13.8. The Labute approximate surface area is 220 Å². The van der Waals surface area contributed by atoms with E-state index < -0.39 is 28.5 Å². The van der Waals surface area contributed by atoms with Crippen LogP contribution >= 0.6 is 0 Å². The topological polar surface area (TPSA) is 105 Å². The van der Waals surface area contributed by atoms with E-state index in [0.29, 0.717) is 18.7 Å². The van der Waals surface area contributed by atoms with E-state index in [1.54, 1.807) is 12.1 Å². The van der Waals surface area contributed by atoms with Gasteiger partial charge in [0.25, 0.3) is 0 Å². The predicted octanol–water partition coefficient (Wildman–Crippen LogP) is 3.36. The second kappa shape index (κ2) is 13.3. The molecule has 2 rings (SSSR count). The Morgan fingerprint density at radius 2 is 1.73 bits per heavy atom. The first-order valence-corrected chi connectivity index (χ1v) is 14.1. The van der Waals surface area contributed by atoms with Gasteiger partial charge in [-0.05, 0) is 42.5 Å². The van der Waals surface area contributed by atoms with E-state index in [1.165, 1.54) is 25.2 Å². The third-order valence-corrected chi connectivity index (χ3v) is 7.13. The molecule has 0 fully saturated rings. The molecule has 2 aromatic carbocycles. The number of methoxy groups -OCH3 is 2. The number of rotatable bonds is 13. The van der Waals surface area contributed by atoms with E-state index in [0.717, 1.165) is 21.7 Å².